The van der Waals surface area contributed by atoms with Crippen LogP contribution in [0.3, 0.4) is 0 Å². The highest BCUT2D eigenvalue weighted by atomic mass is 35.5. The van der Waals surface area contributed by atoms with Gasteiger partial charge in [0.2, 0.25) is 0 Å². The van der Waals surface area contributed by atoms with Gasteiger partial charge in [0.15, 0.2) is 0 Å². The molecule has 5 heteroatoms. The van der Waals surface area contributed by atoms with Crippen molar-refractivity contribution >= 4 is 18.3 Å². The second-order valence-corrected chi connectivity index (χ2v) is 5.65. The Labute approximate surface area is 124 Å². The maximum Gasteiger partial charge on any atom is 0.256 e. The fourth-order valence-electron chi connectivity index (χ4n) is 3.20. The van der Waals surface area contributed by atoms with Crippen molar-refractivity contribution in [3.8, 4) is 0 Å². The normalized spacial score (nSPS) is 25.0. The molecule has 0 saturated carbocycles. The molecule has 0 aliphatic carbocycles. The van der Waals surface area contributed by atoms with Crippen molar-refractivity contribution in [1.29, 1.82) is 0 Å². The highest BCUT2D eigenvalue weighted by molar-refractivity contribution is 5.94. The number of halogens is 2. The quantitative estimate of drug-likeness (QED) is 0.862. The van der Waals surface area contributed by atoms with Crippen LogP contribution in [0.15, 0.2) is 18.2 Å². The molecule has 2 fully saturated rings. The fourth-order valence-corrected chi connectivity index (χ4v) is 3.20. The van der Waals surface area contributed by atoms with Crippen LogP contribution in [-0.4, -0.2) is 37.0 Å². The van der Waals surface area contributed by atoms with E-state index in [1.807, 2.05) is 4.90 Å². The number of hydrogen-bond acceptors (Lipinski definition) is 2. The zero-order valence-corrected chi connectivity index (χ0v) is 12.4. The molecule has 2 atom stereocenters. The predicted octanol–water partition coefficient (Wildman–Crippen LogP) is 2.24. The average molecular weight is 299 g/mol. The largest absolute Gasteiger partial charge is 0.338 e. The number of carbonyl (C=O) groups excluding carboxylic acids is 1. The van der Waals surface area contributed by atoms with Crippen LogP contribution in [-0.2, 0) is 0 Å². The van der Waals surface area contributed by atoms with Gasteiger partial charge in [-0.2, -0.15) is 0 Å². The first-order valence-electron chi connectivity index (χ1n) is 6.92. The minimum Gasteiger partial charge on any atom is -0.338 e. The average Bonchev–Trinajstić information content (AvgIpc) is 2.88. The van der Waals surface area contributed by atoms with Crippen molar-refractivity contribution in [1.82, 2.24) is 10.2 Å². The smallest absolute Gasteiger partial charge is 0.256 e. The Kier molecular flexibility index (Phi) is 4.66. The number of carbonyl (C=O) groups is 1. The van der Waals surface area contributed by atoms with Gasteiger partial charge >= 0.3 is 0 Å². The lowest BCUT2D eigenvalue weighted by Crippen LogP contribution is -2.43. The zero-order chi connectivity index (χ0) is 13.4. The molecule has 110 valence electrons. The number of nitrogens with one attached hydrogen (secondary N) is 1. The number of fused-ring (bicyclic) bond motifs is 1. The van der Waals surface area contributed by atoms with E-state index in [2.05, 4.69) is 5.32 Å². The lowest BCUT2D eigenvalue weighted by Gasteiger charge is -2.34. The summed E-state index contributed by atoms with van der Waals surface area (Å²) in [5.41, 5.74) is 0.743. The van der Waals surface area contributed by atoms with Crippen LogP contribution in [0.4, 0.5) is 4.39 Å². The molecule has 20 heavy (non-hydrogen) atoms. The van der Waals surface area contributed by atoms with Crippen molar-refractivity contribution in [3.63, 3.8) is 0 Å². The monoisotopic (exact) mass is 298 g/mol. The summed E-state index contributed by atoms with van der Waals surface area (Å²) in [4.78, 5) is 14.2. The molecule has 2 heterocycles. The SMILES string of the molecule is Cc1cccc(C(=O)N2CCC3CNCC3C2)c1F.Cl. The molecule has 3 rings (SSSR count). The van der Waals surface area contributed by atoms with E-state index in [1.165, 1.54) is 0 Å². The van der Waals surface area contributed by atoms with Gasteiger partial charge in [-0.25, -0.2) is 4.39 Å². The van der Waals surface area contributed by atoms with Gasteiger partial charge in [-0.1, -0.05) is 12.1 Å². The van der Waals surface area contributed by atoms with E-state index >= 15 is 0 Å². The van der Waals surface area contributed by atoms with Gasteiger partial charge in [0.25, 0.3) is 5.91 Å². The molecule has 2 aliphatic rings. The Balaban J connectivity index is 0.00000147. The number of benzene rings is 1. The van der Waals surface area contributed by atoms with Crippen LogP contribution in [0.5, 0.6) is 0 Å². The summed E-state index contributed by atoms with van der Waals surface area (Å²) < 4.78 is 14.0. The molecule has 0 radical (unpaired) electrons. The highest BCUT2D eigenvalue weighted by Gasteiger charge is 2.35. The fraction of sp³-hybridized carbons (Fsp3) is 0.533. The first kappa shape index (κ1) is 15.3. The van der Waals surface area contributed by atoms with Gasteiger partial charge < -0.3 is 10.2 Å². The van der Waals surface area contributed by atoms with E-state index in [-0.39, 0.29) is 29.7 Å². The zero-order valence-electron chi connectivity index (χ0n) is 11.6. The number of hydrogen-bond donors (Lipinski definition) is 1. The lowest BCUT2D eigenvalue weighted by atomic mass is 9.88. The third kappa shape index (κ3) is 2.67. The summed E-state index contributed by atoms with van der Waals surface area (Å²) in [6.07, 6.45) is 1.02. The first-order valence-corrected chi connectivity index (χ1v) is 6.92. The predicted molar refractivity (Wildman–Crippen MR) is 78.8 cm³/mol. The van der Waals surface area contributed by atoms with Crippen molar-refractivity contribution in [3.05, 3.63) is 35.1 Å². The lowest BCUT2D eigenvalue weighted by molar-refractivity contribution is 0.0637. The van der Waals surface area contributed by atoms with Gasteiger partial charge in [0.1, 0.15) is 5.82 Å². The minimum atomic E-state index is -0.376. The molecule has 3 nitrogen and oxygen atoms in total. The summed E-state index contributed by atoms with van der Waals surface area (Å²) in [6, 6.07) is 5.03. The Bertz CT molecular complexity index is 509. The van der Waals surface area contributed by atoms with Crippen molar-refractivity contribution < 1.29 is 9.18 Å². The second-order valence-electron chi connectivity index (χ2n) is 5.65. The van der Waals surface area contributed by atoms with Crippen molar-refractivity contribution in [2.75, 3.05) is 26.2 Å². The van der Waals surface area contributed by atoms with E-state index < -0.39 is 0 Å². The molecule has 1 aromatic rings. The molecule has 0 spiro atoms. The first-order chi connectivity index (χ1) is 9.16. The second kappa shape index (κ2) is 6.10. The van der Waals surface area contributed by atoms with Gasteiger partial charge in [-0.05, 0) is 49.9 Å². The highest BCUT2D eigenvalue weighted by Crippen LogP contribution is 2.27. The van der Waals surface area contributed by atoms with Crippen molar-refractivity contribution in [2.45, 2.75) is 13.3 Å². The third-order valence-electron chi connectivity index (χ3n) is 4.41. The topological polar surface area (TPSA) is 32.3 Å². The molecular formula is C15H20ClFN2O. The molecule has 1 amide bonds. The maximum absolute atomic E-state index is 14.0. The van der Waals surface area contributed by atoms with Gasteiger partial charge in [-0.3, -0.25) is 4.79 Å². The van der Waals surface area contributed by atoms with Crippen LogP contribution >= 0.6 is 12.4 Å². The van der Waals surface area contributed by atoms with Crippen LogP contribution in [0.25, 0.3) is 0 Å². The molecule has 0 bridgehead atoms. The van der Waals surface area contributed by atoms with Crippen LogP contribution in [0, 0.1) is 24.6 Å². The summed E-state index contributed by atoms with van der Waals surface area (Å²) in [7, 11) is 0. The number of amides is 1. The number of rotatable bonds is 1. The number of piperidine rings is 1. The Hall–Kier alpha value is -1.13. The third-order valence-corrected chi connectivity index (χ3v) is 4.41. The summed E-state index contributed by atoms with van der Waals surface area (Å²) in [5.74, 6) is 0.683. The van der Waals surface area contributed by atoms with E-state index in [1.54, 1.807) is 25.1 Å². The summed E-state index contributed by atoms with van der Waals surface area (Å²) >= 11 is 0. The Morgan fingerprint density at radius 3 is 2.90 bits per heavy atom. The number of aryl methyl sites for hydroxylation is 1. The van der Waals surface area contributed by atoms with E-state index in [0.717, 1.165) is 32.6 Å². The maximum atomic E-state index is 14.0. The Morgan fingerprint density at radius 1 is 1.35 bits per heavy atom. The van der Waals surface area contributed by atoms with E-state index in [4.69, 9.17) is 0 Å². The number of likely N-dealkylation sites (tertiary alicyclic amines) is 1. The van der Waals surface area contributed by atoms with Crippen molar-refractivity contribution in [2.24, 2.45) is 11.8 Å². The van der Waals surface area contributed by atoms with Gasteiger partial charge in [0, 0.05) is 13.1 Å². The molecule has 1 N–H and O–H groups in total. The van der Waals surface area contributed by atoms with Crippen LogP contribution in [0.2, 0.25) is 0 Å². The van der Waals surface area contributed by atoms with Gasteiger partial charge in [0.05, 0.1) is 5.56 Å². The van der Waals surface area contributed by atoms with Crippen LogP contribution < -0.4 is 5.32 Å². The molecule has 0 aromatic heterocycles. The Morgan fingerprint density at radius 2 is 2.10 bits per heavy atom. The molecule has 2 aliphatic heterocycles. The van der Waals surface area contributed by atoms with Gasteiger partial charge in [-0.15, -0.1) is 12.4 Å². The summed E-state index contributed by atoms with van der Waals surface area (Å²) in [6.45, 7) is 5.23. The minimum absolute atomic E-state index is 0. The van der Waals surface area contributed by atoms with Crippen LogP contribution in [0.1, 0.15) is 22.3 Å². The van der Waals surface area contributed by atoms with E-state index in [9.17, 15) is 9.18 Å². The molecule has 2 unspecified atom stereocenters. The molecule has 1 aromatic carbocycles. The van der Waals surface area contributed by atoms with E-state index in [0.29, 0.717) is 17.4 Å². The molecular weight excluding hydrogens is 279 g/mol. The summed E-state index contributed by atoms with van der Waals surface area (Å²) in [5, 5.41) is 3.37. The standard InChI is InChI=1S/C15H19FN2O.ClH/c1-10-3-2-4-13(14(10)16)15(19)18-6-5-11-7-17-8-12(11)9-18;/h2-4,11-12,17H,5-9H2,1H3;1H. The molecule has 2 saturated heterocycles. The number of nitrogens with zero attached hydrogens (tertiary/aromatic N) is 1.